The SMILES string of the molecule is CN1c2ccccc2Sc2cc(CCN)ccc21. The van der Waals surface area contributed by atoms with E-state index in [4.69, 9.17) is 5.73 Å². The summed E-state index contributed by atoms with van der Waals surface area (Å²) in [4.78, 5) is 4.90. The summed E-state index contributed by atoms with van der Waals surface area (Å²) >= 11 is 1.84. The van der Waals surface area contributed by atoms with Gasteiger partial charge in [0, 0.05) is 16.8 Å². The molecule has 1 aliphatic rings. The van der Waals surface area contributed by atoms with Crippen LogP contribution < -0.4 is 10.6 Å². The van der Waals surface area contributed by atoms with Crippen molar-refractivity contribution in [3.05, 3.63) is 48.0 Å². The zero-order chi connectivity index (χ0) is 12.5. The Morgan fingerprint density at radius 3 is 2.67 bits per heavy atom. The maximum atomic E-state index is 5.62. The van der Waals surface area contributed by atoms with Crippen LogP contribution in [0.2, 0.25) is 0 Å². The van der Waals surface area contributed by atoms with Crippen LogP contribution in [0.4, 0.5) is 11.4 Å². The highest BCUT2D eigenvalue weighted by Gasteiger charge is 2.20. The first kappa shape index (κ1) is 11.6. The normalized spacial score (nSPS) is 13.1. The van der Waals surface area contributed by atoms with Crippen LogP contribution in [-0.2, 0) is 6.42 Å². The van der Waals surface area contributed by atoms with Crippen molar-refractivity contribution < 1.29 is 0 Å². The second kappa shape index (κ2) is 4.67. The lowest BCUT2D eigenvalue weighted by Gasteiger charge is -2.29. The Kier molecular flexibility index (Phi) is 3.02. The lowest BCUT2D eigenvalue weighted by Crippen LogP contribution is -2.14. The Hall–Kier alpha value is -1.45. The Morgan fingerprint density at radius 1 is 1.06 bits per heavy atom. The van der Waals surface area contributed by atoms with Gasteiger partial charge in [-0.05, 0) is 42.8 Å². The molecule has 0 unspecified atom stereocenters. The van der Waals surface area contributed by atoms with Crippen LogP contribution in [-0.4, -0.2) is 13.6 Å². The predicted octanol–water partition coefficient (Wildman–Crippen LogP) is 3.42. The number of benzene rings is 2. The summed E-state index contributed by atoms with van der Waals surface area (Å²) in [6.07, 6.45) is 0.944. The first-order valence-electron chi connectivity index (χ1n) is 6.13. The number of fused-ring (bicyclic) bond motifs is 2. The number of nitrogens with zero attached hydrogens (tertiary/aromatic N) is 1. The molecule has 1 aliphatic heterocycles. The van der Waals surface area contributed by atoms with Crippen molar-refractivity contribution in [1.82, 2.24) is 0 Å². The van der Waals surface area contributed by atoms with Crippen LogP contribution in [0.5, 0.6) is 0 Å². The molecule has 0 saturated heterocycles. The van der Waals surface area contributed by atoms with Crippen molar-refractivity contribution in [2.75, 3.05) is 18.5 Å². The van der Waals surface area contributed by atoms with Crippen molar-refractivity contribution in [2.24, 2.45) is 5.73 Å². The van der Waals surface area contributed by atoms with Crippen molar-refractivity contribution in [1.29, 1.82) is 0 Å². The van der Waals surface area contributed by atoms with Crippen LogP contribution >= 0.6 is 11.8 Å². The van der Waals surface area contributed by atoms with E-state index in [1.54, 1.807) is 0 Å². The third-order valence-electron chi connectivity index (χ3n) is 3.27. The molecule has 0 aromatic heterocycles. The first-order chi connectivity index (χ1) is 8.79. The number of nitrogens with two attached hydrogens (primary N) is 1. The first-order valence-corrected chi connectivity index (χ1v) is 6.95. The highest BCUT2D eigenvalue weighted by molar-refractivity contribution is 7.99. The molecule has 1 heterocycles. The average molecular weight is 256 g/mol. The van der Waals surface area contributed by atoms with Gasteiger partial charge in [-0.3, -0.25) is 0 Å². The van der Waals surface area contributed by atoms with Gasteiger partial charge in [-0.25, -0.2) is 0 Å². The van der Waals surface area contributed by atoms with E-state index in [1.807, 2.05) is 11.8 Å². The van der Waals surface area contributed by atoms with Gasteiger partial charge in [-0.2, -0.15) is 0 Å². The molecule has 0 fully saturated rings. The highest BCUT2D eigenvalue weighted by atomic mass is 32.2. The van der Waals surface area contributed by atoms with E-state index in [2.05, 4.69) is 54.4 Å². The molecule has 2 N–H and O–H groups in total. The molecule has 2 nitrogen and oxygen atoms in total. The molecule has 2 aromatic rings. The number of hydrogen-bond donors (Lipinski definition) is 1. The Labute approximate surface area is 112 Å². The summed E-state index contributed by atoms with van der Waals surface area (Å²) in [5.41, 5.74) is 9.50. The molecule has 92 valence electrons. The van der Waals surface area contributed by atoms with E-state index in [0.717, 1.165) is 6.42 Å². The summed E-state index contributed by atoms with van der Waals surface area (Å²) in [5, 5.41) is 0. The maximum Gasteiger partial charge on any atom is 0.0550 e. The fourth-order valence-corrected chi connectivity index (χ4v) is 3.52. The number of para-hydroxylation sites is 1. The molecular weight excluding hydrogens is 240 g/mol. The van der Waals surface area contributed by atoms with E-state index in [1.165, 1.54) is 26.7 Å². The quantitative estimate of drug-likeness (QED) is 0.892. The van der Waals surface area contributed by atoms with Gasteiger partial charge in [0.15, 0.2) is 0 Å². The fourth-order valence-electron chi connectivity index (χ4n) is 2.31. The van der Waals surface area contributed by atoms with E-state index < -0.39 is 0 Å². The standard InChI is InChI=1S/C15H16N2S/c1-17-12-4-2-3-5-14(12)18-15-10-11(8-9-16)6-7-13(15)17/h2-7,10H,8-9,16H2,1H3. The average Bonchev–Trinajstić information content (AvgIpc) is 2.39. The number of rotatable bonds is 2. The molecule has 0 atom stereocenters. The zero-order valence-electron chi connectivity index (χ0n) is 10.4. The Bertz CT molecular complexity index is 580. The van der Waals surface area contributed by atoms with E-state index in [0.29, 0.717) is 6.54 Å². The van der Waals surface area contributed by atoms with Crippen LogP contribution in [0.15, 0.2) is 52.3 Å². The van der Waals surface area contributed by atoms with Gasteiger partial charge >= 0.3 is 0 Å². The third kappa shape index (κ3) is 1.89. The molecule has 0 saturated carbocycles. The summed E-state index contributed by atoms with van der Waals surface area (Å²) in [6, 6.07) is 15.2. The highest BCUT2D eigenvalue weighted by Crippen LogP contribution is 2.47. The smallest absolute Gasteiger partial charge is 0.0550 e. The molecule has 0 amide bonds. The molecule has 0 aliphatic carbocycles. The number of anilines is 2. The number of hydrogen-bond acceptors (Lipinski definition) is 3. The molecule has 0 radical (unpaired) electrons. The van der Waals surface area contributed by atoms with Gasteiger partial charge in [0.05, 0.1) is 11.4 Å². The summed E-state index contributed by atoms with van der Waals surface area (Å²) in [7, 11) is 2.12. The van der Waals surface area contributed by atoms with Crippen LogP contribution in [0.1, 0.15) is 5.56 Å². The van der Waals surface area contributed by atoms with Crippen molar-refractivity contribution >= 4 is 23.1 Å². The van der Waals surface area contributed by atoms with Gasteiger partial charge in [0.2, 0.25) is 0 Å². The summed E-state index contributed by atoms with van der Waals surface area (Å²) in [6.45, 7) is 0.704. The zero-order valence-corrected chi connectivity index (χ0v) is 11.2. The molecule has 0 spiro atoms. The van der Waals surface area contributed by atoms with E-state index in [-0.39, 0.29) is 0 Å². The van der Waals surface area contributed by atoms with Gasteiger partial charge in [-0.15, -0.1) is 0 Å². The van der Waals surface area contributed by atoms with Crippen LogP contribution in [0.3, 0.4) is 0 Å². The molecule has 0 bridgehead atoms. The maximum absolute atomic E-state index is 5.62. The van der Waals surface area contributed by atoms with E-state index in [9.17, 15) is 0 Å². The van der Waals surface area contributed by atoms with Gasteiger partial charge in [0.1, 0.15) is 0 Å². The Morgan fingerprint density at radius 2 is 1.83 bits per heavy atom. The van der Waals surface area contributed by atoms with Crippen molar-refractivity contribution in [2.45, 2.75) is 16.2 Å². The minimum absolute atomic E-state index is 0.704. The van der Waals surface area contributed by atoms with Gasteiger partial charge in [-0.1, -0.05) is 30.0 Å². The second-order valence-electron chi connectivity index (χ2n) is 4.47. The van der Waals surface area contributed by atoms with E-state index >= 15 is 0 Å². The van der Waals surface area contributed by atoms with Crippen molar-refractivity contribution in [3.8, 4) is 0 Å². The largest absolute Gasteiger partial charge is 0.343 e. The summed E-state index contributed by atoms with van der Waals surface area (Å²) in [5.74, 6) is 0. The second-order valence-corrected chi connectivity index (χ2v) is 5.55. The monoisotopic (exact) mass is 256 g/mol. The lowest BCUT2D eigenvalue weighted by atomic mass is 10.1. The summed E-state index contributed by atoms with van der Waals surface area (Å²) < 4.78 is 0. The molecular formula is C15H16N2S. The fraction of sp³-hybridized carbons (Fsp3) is 0.200. The lowest BCUT2D eigenvalue weighted by molar-refractivity contribution is 0.960. The predicted molar refractivity (Wildman–Crippen MR) is 77.8 cm³/mol. The Balaban J connectivity index is 2.05. The molecule has 3 rings (SSSR count). The molecule has 3 heteroatoms. The van der Waals surface area contributed by atoms with Crippen molar-refractivity contribution in [3.63, 3.8) is 0 Å². The minimum atomic E-state index is 0.704. The molecule has 2 aromatic carbocycles. The molecule has 18 heavy (non-hydrogen) atoms. The van der Waals surface area contributed by atoms with Crippen LogP contribution in [0, 0.1) is 0 Å². The topological polar surface area (TPSA) is 29.3 Å². The third-order valence-corrected chi connectivity index (χ3v) is 4.38. The minimum Gasteiger partial charge on any atom is -0.343 e. The van der Waals surface area contributed by atoms with Gasteiger partial charge < -0.3 is 10.6 Å². The van der Waals surface area contributed by atoms with Gasteiger partial charge in [0.25, 0.3) is 0 Å². The van der Waals surface area contributed by atoms with Crippen LogP contribution in [0.25, 0.3) is 0 Å².